The van der Waals surface area contributed by atoms with E-state index in [-0.39, 0.29) is 36.9 Å². The number of ether oxygens (including phenoxy) is 2. The van der Waals surface area contributed by atoms with Gasteiger partial charge in [0.25, 0.3) is 0 Å². The van der Waals surface area contributed by atoms with Crippen LogP contribution in [0, 0.1) is 0 Å². The minimum absolute atomic E-state index is 0.0129. The van der Waals surface area contributed by atoms with Crippen molar-refractivity contribution in [1.29, 1.82) is 0 Å². The molecule has 0 aliphatic rings. The molecule has 0 amide bonds. The molecule has 2 heterocycles. The molecule has 154 valence electrons. The molecule has 0 aliphatic carbocycles. The molecule has 29 heavy (non-hydrogen) atoms. The number of esters is 1. The first-order valence-electron chi connectivity index (χ1n) is 8.91. The molecule has 0 atom stereocenters. The summed E-state index contributed by atoms with van der Waals surface area (Å²) in [6, 6.07) is 8.61. The van der Waals surface area contributed by atoms with Crippen molar-refractivity contribution < 1.29 is 22.7 Å². The van der Waals surface area contributed by atoms with Gasteiger partial charge in [-0.05, 0) is 19.1 Å². The van der Waals surface area contributed by atoms with E-state index in [1.807, 2.05) is 12.1 Å². The minimum Gasteiger partial charge on any atom is -0.461 e. The van der Waals surface area contributed by atoms with Crippen LogP contribution in [0.15, 0.2) is 46.8 Å². The molecule has 10 heteroatoms. The Balaban J connectivity index is 1.94. The Kier molecular flexibility index (Phi) is 6.91. The number of para-hydroxylation sites is 1. The Bertz CT molecular complexity index is 1090. The largest absolute Gasteiger partial charge is 0.461 e. The summed E-state index contributed by atoms with van der Waals surface area (Å²) in [6.45, 7) is 2.32. The van der Waals surface area contributed by atoms with E-state index in [1.54, 1.807) is 30.6 Å². The number of rotatable bonds is 9. The van der Waals surface area contributed by atoms with Gasteiger partial charge < -0.3 is 9.47 Å². The van der Waals surface area contributed by atoms with Crippen LogP contribution in [0.2, 0.25) is 0 Å². The number of methoxy groups -OCH3 is 1. The molecule has 0 saturated heterocycles. The first kappa shape index (κ1) is 21.3. The van der Waals surface area contributed by atoms with Gasteiger partial charge in [0.15, 0.2) is 5.69 Å². The van der Waals surface area contributed by atoms with E-state index in [1.165, 1.54) is 28.8 Å². The Hall–Kier alpha value is -2.40. The number of carbonyl (C=O) groups excluding carboxylic acids is 1. The van der Waals surface area contributed by atoms with E-state index in [9.17, 15) is 13.2 Å². The molecule has 0 fully saturated rings. The SMILES string of the molecule is CCOC(=O)c1csc(CN(CCOC)S(=O)(=O)c2cccc3cccnc23)n1. The van der Waals surface area contributed by atoms with Gasteiger partial charge >= 0.3 is 5.97 Å². The Morgan fingerprint density at radius 3 is 2.79 bits per heavy atom. The topological polar surface area (TPSA) is 98.7 Å². The number of hydrogen-bond acceptors (Lipinski definition) is 8. The van der Waals surface area contributed by atoms with Gasteiger partial charge in [-0.3, -0.25) is 4.98 Å². The van der Waals surface area contributed by atoms with Crippen LogP contribution in [0.5, 0.6) is 0 Å². The van der Waals surface area contributed by atoms with Gasteiger partial charge in [0, 0.05) is 30.6 Å². The van der Waals surface area contributed by atoms with Crippen LogP contribution in [-0.4, -0.2) is 55.5 Å². The Morgan fingerprint density at radius 2 is 2.03 bits per heavy atom. The van der Waals surface area contributed by atoms with Crippen molar-refractivity contribution in [3.63, 3.8) is 0 Å². The van der Waals surface area contributed by atoms with E-state index in [0.717, 1.165) is 5.39 Å². The van der Waals surface area contributed by atoms with E-state index in [2.05, 4.69) is 9.97 Å². The van der Waals surface area contributed by atoms with Crippen LogP contribution in [0.4, 0.5) is 0 Å². The van der Waals surface area contributed by atoms with Crippen molar-refractivity contribution in [2.24, 2.45) is 0 Å². The van der Waals surface area contributed by atoms with Gasteiger partial charge in [-0.1, -0.05) is 18.2 Å². The molecule has 0 saturated carbocycles. The molecule has 0 aliphatic heterocycles. The van der Waals surface area contributed by atoms with E-state index in [0.29, 0.717) is 10.5 Å². The Labute approximate surface area is 173 Å². The maximum absolute atomic E-state index is 13.4. The normalized spacial score (nSPS) is 11.8. The number of benzene rings is 1. The number of nitrogens with zero attached hydrogens (tertiary/aromatic N) is 3. The Morgan fingerprint density at radius 1 is 1.24 bits per heavy atom. The fraction of sp³-hybridized carbons (Fsp3) is 0.316. The smallest absolute Gasteiger partial charge is 0.357 e. The number of pyridine rings is 1. The van der Waals surface area contributed by atoms with Crippen LogP contribution in [0.1, 0.15) is 22.4 Å². The zero-order valence-corrected chi connectivity index (χ0v) is 17.7. The summed E-state index contributed by atoms with van der Waals surface area (Å²) in [5.74, 6) is -0.528. The van der Waals surface area contributed by atoms with Crippen molar-refractivity contribution in [2.45, 2.75) is 18.4 Å². The average molecular weight is 436 g/mol. The fourth-order valence-corrected chi connectivity index (χ4v) is 5.14. The number of carbonyl (C=O) groups is 1. The average Bonchev–Trinajstić information content (AvgIpc) is 3.19. The highest BCUT2D eigenvalue weighted by Gasteiger charge is 2.28. The lowest BCUT2D eigenvalue weighted by Crippen LogP contribution is -2.33. The molecule has 2 aromatic heterocycles. The van der Waals surface area contributed by atoms with Gasteiger partial charge in [0.2, 0.25) is 10.0 Å². The van der Waals surface area contributed by atoms with Crippen LogP contribution < -0.4 is 0 Å². The molecular weight excluding hydrogens is 414 g/mol. The predicted octanol–water partition coefficient (Wildman–Crippen LogP) is 2.71. The third-order valence-electron chi connectivity index (χ3n) is 4.11. The van der Waals surface area contributed by atoms with Crippen molar-refractivity contribution >= 4 is 38.2 Å². The van der Waals surface area contributed by atoms with Crippen LogP contribution >= 0.6 is 11.3 Å². The summed E-state index contributed by atoms with van der Waals surface area (Å²) < 4.78 is 38.1. The third kappa shape index (κ3) is 4.78. The molecule has 8 nitrogen and oxygen atoms in total. The second-order valence-corrected chi connectivity index (χ2v) is 8.86. The summed E-state index contributed by atoms with van der Waals surface area (Å²) in [5.41, 5.74) is 0.575. The fourth-order valence-electron chi connectivity index (χ4n) is 2.73. The predicted molar refractivity (Wildman–Crippen MR) is 109 cm³/mol. The second-order valence-electron chi connectivity index (χ2n) is 6.01. The molecule has 0 bridgehead atoms. The second kappa shape index (κ2) is 9.40. The lowest BCUT2D eigenvalue weighted by Gasteiger charge is -2.21. The lowest BCUT2D eigenvalue weighted by molar-refractivity contribution is 0.0520. The number of thiazole rings is 1. The third-order valence-corrected chi connectivity index (χ3v) is 6.82. The number of aromatic nitrogens is 2. The maximum Gasteiger partial charge on any atom is 0.357 e. The minimum atomic E-state index is -3.88. The van der Waals surface area contributed by atoms with Gasteiger partial charge in [0.05, 0.1) is 25.3 Å². The lowest BCUT2D eigenvalue weighted by atomic mass is 10.2. The summed E-state index contributed by atoms with van der Waals surface area (Å²) in [5, 5.41) is 2.79. The zero-order chi connectivity index (χ0) is 20.9. The van der Waals surface area contributed by atoms with Crippen LogP contribution in [0.3, 0.4) is 0 Å². The first-order chi connectivity index (χ1) is 14.0. The van der Waals surface area contributed by atoms with Gasteiger partial charge in [0.1, 0.15) is 9.90 Å². The molecule has 1 aromatic carbocycles. The maximum atomic E-state index is 13.4. The highest BCUT2D eigenvalue weighted by Crippen LogP contribution is 2.26. The first-order valence-corrected chi connectivity index (χ1v) is 11.2. The molecule has 0 N–H and O–H groups in total. The van der Waals surface area contributed by atoms with Crippen molar-refractivity contribution in [1.82, 2.24) is 14.3 Å². The molecule has 3 rings (SSSR count). The number of sulfonamides is 1. The summed E-state index contributed by atoms with van der Waals surface area (Å²) in [6.07, 6.45) is 1.56. The van der Waals surface area contributed by atoms with Gasteiger partial charge in [-0.15, -0.1) is 11.3 Å². The number of fused-ring (bicyclic) bond motifs is 1. The highest BCUT2D eigenvalue weighted by atomic mass is 32.2. The molecular formula is C19H21N3O5S2. The van der Waals surface area contributed by atoms with Crippen molar-refractivity contribution in [3.8, 4) is 0 Å². The standard InChI is InChI=1S/C19H21N3O5S2/c1-3-27-19(23)15-13-28-17(21-15)12-22(10-11-26-2)29(24,25)16-8-4-6-14-7-5-9-20-18(14)16/h4-9,13H,3,10-12H2,1-2H3. The molecule has 0 radical (unpaired) electrons. The van der Waals surface area contributed by atoms with Gasteiger partial charge in [-0.2, -0.15) is 4.31 Å². The zero-order valence-electron chi connectivity index (χ0n) is 16.1. The van der Waals surface area contributed by atoms with E-state index < -0.39 is 16.0 Å². The quantitative estimate of drug-likeness (QED) is 0.477. The van der Waals surface area contributed by atoms with Crippen molar-refractivity contribution in [2.75, 3.05) is 26.9 Å². The van der Waals surface area contributed by atoms with E-state index in [4.69, 9.17) is 9.47 Å². The van der Waals surface area contributed by atoms with E-state index >= 15 is 0 Å². The molecule has 0 spiro atoms. The summed E-state index contributed by atoms with van der Waals surface area (Å²) in [7, 11) is -2.37. The molecule has 0 unspecified atom stereocenters. The highest BCUT2D eigenvalue weighted by molar-refractivity contribution is 7.89. The summed E-state index contributed by atoms with van der Waals surface area (Å²) in [4.78, 5) is 20.4. The van der Waals surface area contributed by atoms with Crippen LogP contribution in [-0.2, 0) is 26.0 Å². The number of hydrogen-bond donors (Lipinski definition) is 0. The summed E-state index contributed by atoms with van der Waals surface area (Å²) >= 11 is 1.21. The van der Waals surface area contributed by atoms with Crippen molar-refractivity contribution in [3.05, 3.63) is 52.6 Å². The van der Waals surface area contributed by atoms with Gasteiger partial charge in [-0.25, -0.2) is 18.2 Å². The monoisotopic (exact) mass is 435 g/mol. The van der Waals surface area contributed by atoms with Crippen LogP contribution in [0.25, 0.3) is 10.9 Å². The molecule has 3 aromatic rings.